The molecule has 21 heavy (non-hydrogen) atoms. The average Bonchev–Trinajstić information content (AvgIpc) is 2.40. The molecule has 0 aliphatic heterocycles. The van der Waals surface area contributed by atoms with Gasteiger partial charge in [-0.3, -0.25) is 10.1 Å². The fourth-order valence-corrected chi connectivity index (χ4v) is 2.06. The lowest BCUT2D eigenvalue weighted by atomic mass is 10.2. The topological polar surface area (TPSA) is 61.6 Å². The lowest BCUT2D eigenvalue weighted by molar-refractivity contribution is -0.386. The van der Waals surface area contributed by atoms with Gasteiger partial charge in [-0.25, -0.2) is 0 Å². The van der Waals surface area contributed by atoms with Crippen molar-refractivity contribution in [2.75, 3.05) is 0 Å². The lowest BCUT2D eigenvalue weighted by Crippen LogP contribution is -2.07. The molecule has 2 aromatic rings. The average molecular weight is 399 g/mol. The number of hydrogen-bond donors (Lipinski definition) is 0. The smallest absolute Gasteiger partial charge is 0.311 e. The summed E-state index contributed by atoms with van der Waals surface area (Å²) in [7, 11) is 0. The van der Waals surface area contributed by atoms with E-state index in [-0.39, 0.29) is 17.5 Å². The maximum atomic E-state index is 11.0. The van der Waals surface area contributed by atoms with Crippen molar-refractivity contribution in [3.63, 3.8) is 0 Å². The molecule has 5 nitrogen and oxygen atoms in total. The minimum Gasteiger partial charge on any atom is -0.484 e. The van der Waals surface area contributed by atoms with Crippen LogP contribution in [0, 0.1) is 13.7 Å². The van der Waals surface area contributed by atoms with Crippen LogP contribution in [-0.2, 0) is 0 Å². The van der Waals surface area contributed by atoms with Gasteiger partial charge >= 0.3 is 5.69 Å². The lowest BCUT2D eigenvalue weighted by Gasteiger charge is -2.12. The largest absolute Gasteiger partial charge is 0.484 e. The monoisotopic (exact) mass is 399 g/mol. The first-order valence-electron chi connectivity index (χ1n) is 6.34. The fourth-order valence-electron chi connectivity index (χ4n) is 1.70. The molecule has 0 aliphatic carbocycles. The third-order valence-corrected chi connectivity index (χ3v) is 3.26. The maximum Gasteiger partial charge on any atom is 0.311 e. The Hall–Kier alpha value is -1.83. The number of hydrogen-bond acceptors (Lipinski definition) is 4. The Morgan fingerprint density at radius 3 is 2.29 bits per heavy atom. The molecule has 0 aliphatic rings. The van der Waals surface area contributed by atoms with Crippen LogP contribution >= 0.6 is 22.6 Å². The zero-order chi connectivity index (χ0) is 15.4. The van der Waals surface area contributed by atoms with Gasteiger partial charge in [-0.2, -0.15) is 0 Å². The van der Waals surface area contributed by atoms with Crippen LogP contribution in [0.5, 0.6) is 17.2 Å². The molecule has 2 aromatic carbocycles. The molecule has 0 unspecified atom stereocenters. The number of ether oxygens (including phenoxy) is 2. The van der Waals surface area contributed by atoms with E-state index in [1.807, 2.05) is 38.1 Å². The van der Waals surface area contributed by atoms with Crippen molar-refractivity contribution < 1.29 is 14.4 Å². The van der Waals surface area contributed by atoms with Gasteiger partial charge in [0.05, 0.1) is 11.0 Å². The van der Waals surface area contributed by atoms with Gasteiger partial charge < -0.3 is 9.47 Å². The molecule has 0 saturated heterocycles. The van der Waals surface area contributed by atoms with Crippen molar-refractivity contribution in [3.05, 3.63) is 56.1 Å². The standard InChI is InChI=1S/C15H14INO4/c1-10(2)20-15-9-13(7-8-14(15)17(18)19)21-12-5-3-11(16)4-6-12/h3-10H,1-2H3. The van der Waals surface area contributed by atoms with Crippen LogP contribution in [0.1, 0.15) is 13.8 Å². The Bertz CT molecular complexity index is 641. The molecule has 0 saturated carbocycles. The van der Waals surface area contributed by atoms with E-state index in [1.54, 1.807) is 6.07 Å². The minimum atomic E-state index is -0.466. The van der Waals surface area contributed by atoms with Crippen LogP contribution in [0.4, 0.5) is 5.69 Å². The van der Waals surface area contributed by atoms with Gasteiger partial charge in [-0.05, 0) is 66.8 Å². The first-order chi connectivity index (χ1) is 9.95. The number of nitrogens with zero attached hydrogens (tertiary/aromatic N) is 1. The summed E-state index contributed by atoms with van der Waals surface area (Å²) in [5, 5.41) is 11.0. The van der Waals surface area contributed by atoms with E-state index >= 15 is 0 Å². The summed E-state index contributed by atoms with van der Waals surface area (Å²) in [6.45, 7) is 3.63. The molecule has 0 fully saturated rings. The summed E-state index contributed by atoms with van der Waals surface area (Å²) in [6, 6.07) is 12.0. The van der Waals surface area contributed by atoms with Gasteiger partial charge in [0, 0.05) is 15.7 Å². The quantitative estimate of drug-likeness (QED) is 0.413. The molecule has 110 valence electrons. The molecular weight excluding hydrogens is 385 g/mol. The number of nitro groups is 1. The number of rotatable bonds is 5. The highest BCUT2D eigenvalue weighted by molar-refractivity contribution is 14.1. The highest BCUT2D eigenvalue weighted by Gasteiger charge is 2.17. The van der Waals surface area contributed by atoms with Gasteiger partial charge in [-0.15, -0.1) is 0 Å². The van der Waals surface area contributed by atoms with Crippen molar-refractivity contribution in [2.45, 2.75) is 20.0 Å². The van der Waals surface area contributed by atoms with E-state index in [9.17, 15) is 10.1 Å². The first-order valence-corrected chi connectivity index (χ1v) is 7.42. The molecule has 0 N–H and O–H groups in total. The number of nitro benzene ring substituents is 1. The van der Waals surface area contributed by atoms with Crippen LogP contribution in [0.25, 0.3) is 0 Å². The van der Waals surface area contributed by atoms with Crippen molar-refractivity contribution in [1.82, 2.24) is 0 Å². The summed E-state index contributed by atoms with van der Waals surface area (Å²) in [5.41, 5.74) is -0.0707. The highest BCUT2D eigenvalue weighted by atomic mass is 127. The molecule has 0 atom stereocenters. The van der Waals surface area contributed by atoms with Crippen molar-refractivity contribution >= 4 is 28.3 Å². The summed E-state index contributed by atoms with van der Waals surface area (Å²) >= 11 is 2.21. The molecule has 0 heterocycles. The molecular formula is C15H14INO4. The van der Waals surface area contributed by atoms with Crippen molar-refractivity contribution in [1.29, 1.82) is 0 Å². The normalized spacial score (nSPS) is 10.5. The molecule has 0 bridgehead atoms. The third-order valence-electron chi connectivity index (χ3n) is 2.54. The summed E-state index contributed by atoms with van der Waals surface area (Å²) < 4.78 is 12.3. The zero-order valence-electron chi connectivity index (χ0n) is 11.6. The van der Waals surface area contributed by atoms with Crippen molar-refractivity contribution in [3.8, 4) is 17.2 Å². The molecule has 0 spiro atoms. The van der Waals surface area contributed by atoms with E-state index in [2.05, 4.69) is 22.6 Å². The Kier molecular flexibility index (Phi) is 5.00. The molecule has 6 heteroatoms. The van der Waals surface area contributed by atoms with Gasteiger partial charge in [0.2, 0.25) is 5.75 Å². The van der Waals surface area contributed by atoms with Crippen LogP contribution in [0.3, 0.4) is 0 Å². The Morgan fingerprint density at radius 2 is 1.71 bits per heavy atom. The maximum absolute atomic E-state index is 11.0. The van der Waals surface area contributed by atoms with Gasteiger partial charge in [0.25, 0.3) is 0 Å². The fraction of sp³-hybridized carbons (Fsp3) is 0.200. The van der Waals surface area contributed by atoms with E-state index in [1.165, 1.54) is 12.1 Å². The highest BCUT2D eigenvalue weighted by Crippen LogP contribution is 2.34. The Morgan fingerprint density at radius 1 is 1.10 bits per heavy atom. The molecule has 0 amide bonds. The summed E-state index contributed by atoms with van der Waals surface area (Å²) in [4.78, 5) is 10.5. The van der Waals surface area contributed by atoms with Crippen LogP contribution in [-0.4, -0.2) is 11.0 Å². The van der Waals surface area contributed by atoms with Crippen LogP contribution in [0.2, 0.25) is 0 Å². The van der Waals surface area contributed by atoms with Gasteiger partial charge in [0.15, 0.2) is 0 Å². The van der Waals surface area contributed by atoms with E-state index in [0.29, 0.717) is 11.5 Å². The molecule has 2 rings (SSSR count). The predicted molar refractivity (Wildman–Crippen MR) is 88.1 cm³/mol. The van der Waals surface area contributed by atoms with Gasteiger partial charge in [0.1, 0.15) is 11.5 Å². The molecule has 0 radical (unpaired) electrons. The van der Waals surface area contributed by atoms with Crippen LogP contribution in [0.15, 0.2) is 42.5 Å². The SMILES string of the molecule is CC(C)Oc1cc(Oc2ccc(I)cc2)ccc1[N+](=O)[O-]. The summed E-state index contributed by atoms with van der Waals surface area (Å²) in [6.07, 6.45) is -0.155. The zero-order valence-corrected chi connectivity index (χ0v) is 13.7. The second-order valence-corrected chi connectivity index (χ2v) is 5.85. The molecule has 0 aromatic heterocycles. The van der Waals surface area contributed by atoms with E-state index in [0.717, 1.165) is 3.57 Å². The predicted octanol–water partition coefficient (Wildman–Crippen LogP) is 4.78. The Balaban J connectivity index is 2.28. The van der Waals surface area contributed by atoms with E-state index in [4.69, 9.17) is 9.47 Å². The second-order valence-electron chi connectivity index (χ2n) is 4.61. The van der Waals surface area contributed by atoms with Crippen molar-refractivity contribution in [2.24, 2.45) is 0 Å². The van der Waals surface area contributed by atoms with Gasteiger partial charge in [-0.1, -0.05) is 0 Å². The van der Waals surface area contributed by atoms with E-state index < -0.39 is 4.92 Å². The summed E-state index contributed by atoms with van der Waals surface area (Å²) in [5.74, 6) is 1.37. The minimum absolute atomic E-state index is 0.0707. The Labute approximate surface area is 136 Å². The second kappa shape index (κ2) is 6.75. The van der Waals surface area contributed by atoms with Crippen LogP contribution < -0.4 is 9.47 Å². The number of benzene rings is 2. The number of halogens is 1. The third kappa shape index (κ3) is 4.32. The first kappa shape index (κ1) is 15.6.